The van der Waals surface area contributed by atoms with Crippen LogP contribution >= 0.6 is 0 Å². The van der Waals surface area contributed by atoms with Crippen molar-refractivity contribution in [2.75, 3.05) is 33.7 Å². The van der Waals surface area contributed by atoms with Gasteiger partial charge in [-0.1, -0.05) is 0 Å². The van der Waals surface area contributed by atoms with Gasteiger partial charge in [-0.25, -0.2) is 0 Å². The second-order valence-corrected chi connectivity index (χ2v) is 5.89. The highest BCUT2D eigenvalue weighted by atomic mass is 16.4. The second-order valence-electron chi connectivity index (χ2n) is 5.89. The molecule has 18 heavy (non-hydrogen) atoms. The van der Waals surface area contributed by atoms with Gasteiger partial charge in [-0.05, 0) is 59.8 Å². The lowest BCUT2D eigenvalue weighted by Gasteiger charge is -2.36. The standard InChI is InChI=1S/C13H27N3O2/c1-13(14,12(17)18)7-5-9-16-8-4-6-11(10-16)15(2)3/h11H,4-10,14H2,1-3H3,(H,17,18). The Hall–Kier alpha value is -0.650. The Bertz CT molecular complexity index is 279. The van der Waals surface area contributed by atoms with E-state index >= 15 is 0 Å². The van der Waals surface area contributed by atoms with Gasteiger partial charge in [-0.15, -0.1) is 0 Å². The van der Waals surface area contributed by atoms with Gasteiger partial charge in [0.2, 0.25) is 0 Å². The number of carbonyl (C=O) groups is 1. The van der Waals surface area contributed by atoms with E-state index in [1.807, 2.05) is 0 Å². The minimum absolute atomic E-state index is 0.533. The Morgan fingerprint density at radius 2 is 2.22 bits per heavy atom. The van der Waals surface area contributed by atoms with Crippen molar-refractivity contribution in [3.8, 4) is 0 Å². The van der Waals surface area contributed by atoms with Gasteiger partial charge in [0.05, 0.1) is 0 Å². The van der Waals surface area contributed by atoms with Crippen molar-refractivity contribution in [2.24, 2.45) is 5.73 Å². The second kappa shape index (κ2) is 6.50. The van der Waals surface area contributed by atoms with Crippen molar-refractivity contribution in [1.82, 2.24) is 9.80 Å². The first-order valence-corrected chi connectivity index (χ1v) is 6.74. The predicted octanol–water partition coefficient (Wildman–Crippen LogP) is 0.595. The highest BCUT2D eigenvalue weighted by molar-refractivity contribution is 5.77. The first kappa shape index (κ1) is 15.4. The smallest absolute Gasteiger partial charge is 0.323 e. The number of hydrogen-bond donors (Lipinski definition) is 2. The molecule has 0 radical (unpaired) electrons. The Kier molecular flexibility index (Phi) is 5.56. The summed E-state index contributed by atoms with van der Waals surface area (Å²) in [5, 5.41) is 8.95. The Morgan fingerprint density at radius 1 is 1.56 bits per heavy atom. The molecule has 2 unspecified atom stereocenters. The maximum atomic E-state index is 10.9. The number of likely N-dealkylation sites (N-methyl/N-ethyl adjacent to an activating group) is 1. The van der Waals surface area contributed by atoms with Crippen LogP contribution in [0.2, 0.25) is 0 Å². The number of carboxylic acid groups (broad SMARTS) is 1. The summed E-state index contributed by atoms with van der Waals surface area (Å²) in [5.41, 5.74) is 4.64. The quantitative estimate of drug-likeness (QED) is 0.729. The molecular formula is C13H27N3O2. The third kappa shape index (κ3) is 4.55. The van der Waals surface area contributed by atoms with Gasteiger partial charge in [0.25, 0.3) is 0 Å². The molecule has 1 fully saturated rings. The molecule has 3 N–H and O–H groups in total. The lowest BCUT2D eigenvalue weighted by molar-refractivity contribution is -0.143. The number of nitrogens with two attached hydrogens (primary N) is 1. The number of hydrogen-bond acceptors (Lipinski definition) is 4. The number of piperidine rings is 1. The minimum atomic E-state index is -1.09. The third-order valence-electron chi connectivity index (χ3n) is 3.87. The maximum absolute atomic E-state index is 10.9. The first-order valence-electron chi connectivity index (χ1n) is 6.74. The summed E-state index contributed by atoms with van der Waals surface area (Å²) in [6.45, 7) is 4.75. The van der Waals surface area contributed by atoms with Crippen LogP contribution in [0.15, 0.2) is 0 Å². The fourth-order valence-corrected chi connectivity index (χ4v) is 2.43. The lowest BCUT2D eigenvalue weighted by atomic mass is 9.97. The van der Waals surface area contributed by atoms with Crippen LogP contribution in [0.25, 0.3) is 0 Å². The van der Waals surface area contributed by atoms with E-state index in [4.69, 9.17) is 10.8 Å². The fraction of sp³-hybridized carbons (Fsp3) is 0.923. The molecule has 0 saturated carbocycles. The van der Waals surface area contributed by atoms with Crippen LogP contribution in [-0.4, -0.2) is 66.2 Å². The molecule has 0 spiro atoms. The van der Waals surface area contributed by atoms with Crippen molar-refractivity contribution < 1.29 is 9.90 Å². The molecule has 1 aliphatic heterocycles. The number of likely N-dealkylation sites (tertiary alicyclic amines) is 1. The zero-order valence-electron chi connectivity index (χ0n) is 11.9. The molecule has 0 aromatic carbocycles. The summed E-state index contributed by atoms with van der Waals surface area (Å²) in [7, 11) is 4.24. The molecule has 0 aromatic heterocycles. The maximum Gasteiger partial charge on any atom is 0.323 e. The van der Waals surface area contributed by atoms with Gasteiger partial charge in [0.15, 0.2) is 0 Å². The van der Waals surface area contributed by atoms with Crippen LogP contribution in [0.3, 0.4) is 0 Å². The van der Waals surface area contributed by atoms with Gasteiger partial charge in [-0.3, -0.25) is 4.79 Å². The highest BCUT2D eigenvalue weighted by Crippen LogP contribution is 2.16. The molecule has 0 aromatic rings. The average molecular weight is 257 g/mol. The van der Waals surface area contributed by atoms with Crippen molar-refractivity contribution in [2.45, 2.75) is 44.2 Å². The topological polar surface area (TPSA) is 69.8 Å². The van der Waals surface area contributed by atoms with Crippen LogP contribution in [0.5, 0.6) is 0 Å². The molecule has 1 saturated heterocycles. The van der Waals surface area contributed by atoms with Gasteiger partial charge in [-0.2, -0.15) is 0 Å². The average Bonchev–Trinajstić information content (AvgIpc) is 2.29. The summed E-state index contributed by atoms with van der Waals surface area (Å²) < 4.78 is 0. The summed E-state index contributed by atoms with van der Waals surface area (Å²) in [4.78, 5) is 15.6. The molecule has 0 aliphatic carbocycles. The predicted molar refractivity (Wildman–Crippen MR) is 72.6 cm³/mol. The van der Waals surface area contributed by atoms with E-state index in [0.717, 1.165) is 26.1 Å². The van der Waals surface area contributed by atoms with Gasteiger partial charge in [0.1, 0.15) is 5.54 Å². The van der Waals surface area contributed by atoms with Crippen LogP contribution in [-0.2, 0) is 4.79 Å². The SMILES string of the molecule is CN(C)C1CCCN(CCCC(C)(N)C(=O)O)C1. The molecule has 5 heteroatoms. The number of nitrogens with zero attached hydrogens (tertiary/aromatic N) is 2. The fourth-order valence-electron chi connectivity index (χ4n) is 2.43. The van der Waals surface area contributed by atoms with E-state index in [1.165, 1.54) is 12.8 Å². The monoisotopic (exact) mass is 257 g/mol. The zero-order chi connectivity index (χ0) is 13.8. The number of rotatable bonds is 6. The molecule has 1 heterocycles. The van der Waals surface area contributed by atoms with Crippen molar-refractivity contribution >= 4 is 5.97 Å². The molecule has 2 atom stereocenters. The van der Waals surface area contributed by atoms with E-state index in [2.05, 4.69) is 23.9 Å². The van der Waals surface area contributed by atoms with Crippen LogP contribution < -0.4 is 5.73 Å². The Balaban J connectivity index is 2.29. The highest BCUT2D eigenvalue weighted by Gasteiger charge is 2.28. The Labute approximate surface area is 110 Å². The van der Waals surface area contributed by atoms with Crippen molar-refractivity contribution in [3.05, 3.63) is 0 Å². The molecule has 106 valence electrons. The van der Waals surface area contributed by atoms with E-state index < -0.39 is 11.5 Å². The summed E-state index contributed by atoms with van der Waals surface area (Å²) >= 11 is 0. The van der Waals surface area contributed by atoms with E-state index in [1.54, 1.807) is 6.92 Å². The van der Waals surface area contributed by atoms with E-state index in [0.29, 0.717) is 12.5 Å². The number of aliphatic carboxylic acids is 1. The summed E-state index contributed by atoms with van der Waals surface area (Å²) in [5.74, 6) is -0.910. The van der Waals surface area contributed by atoms with Gasteiger partial charge < -0.3 is 20.6 Å². The van der Waals surface area contributed by atoms with Gasteiger partial charge in [0, 0.05) is 12.6 Å². The normalized spacial score (nSPS) is 25.1. The first-order chi connectivity index (χ1) is 8.33. The molecule has 5 nitrogen and oxygen atoms in total. The third-order valence-corrected chi connectivity index (χ3v) is 3.87. The molecular weight excluding hydrogens is 230 g/mol. The van der Waals surface area contributed by atoms with E-state index in [-0.39, 0.29) is 0 Å². The van der Waals surface area contributed by atoms with Crippen molar-refractivity contribution in [3.63, 3.8) is 0 Å². The molecule has 0 bridgehead atoms. The summed E-state index contributed by atoms with van der Waals surface area (Å²) in [6.07, 6.45) is 3.86. The zero-order valence-corrected chi connectivity index (χ0v) is 11.9. The molecule has 0 amide bonds. The molecule has 1 rings (SSSR count). The van der Waals surface area contributed by atoms with Crippen LogP contribution in [0.1, 0.15) is 32.6 Å². The van der Waals surface area contributed by atoms with Crippen molar-refractivity contribution in [1.29, 1.82) is 0 Å². The van der Waals surface area contributed by atoms with Gasteiger partial charge >= 0.3 is 5.97 Å². The Morgan fingerprint density at radius 3 is 2.78 bits per heavy atom. The van der Waals surface area contributed by atoms with E-state index in [9.17, 15) is 4.79 Å². The minimum Gasteiger partial charge on any atom is -0.480 e. The number of carboxylic acids is 1. The van der Waals surface area contributed by atoms with Crippen LogP contribution in [0, 0.1) is 0 Å². The lowest BCUT2D eigenvalue weighted by Crippen LogP contribution is -2.47. The van der Waals surface area contributed by atoms with Crippen LogP contribution in [0.4, 0.5) is 0 Å². The largest absolute Gasteiger partial charge is 0.480 e. The summed E-state index contributed by atoms with van der Waals surface area (Å²) in [6, 6.07) is 0.627. The molecule has 1 aliphatic rings.